The van der Waals surface area contributed by atoms with E-state index >= 15 is 0 Å². The molecule has 0 radical (unpaired) electrons. The van der Waals surface area contributed by atoms with Crippen molar-refractivity contribution in [3.8, 4) is 0 Å². The Bertz CT molecular complexity index is 407. The average molecular weight is 403 g/mol. The van der Waals surface area contributed by atoms with E-state index in [0.717, 1.165) is 37.1 Å². The maximum absolute atomic E-state index is 6.15. The monoisotopic (exact) mass is 402 g/mol. The van der Waals surface area contributed by atoms with E-state index in [1.165, 1.54) is 11.1 Å². The number of alkyl halides is 1. The second kappa shape index (κ2) is 12.2. The van der Waals surface area contributed by atoms with Crippen LogP contribution in [0.3, 0.4) is 0 Å². The van der Waals surface area contributed by atoms with Crippen LogP contribution in [0.5, 0.6) is 0 Å². The molecule has 0 aliphatic carbocycles. The molecule has 0 fully saturated rings. The third kappa shape index (κ3) is 7.94. The van der Waals surface area contributed by atoms with Gasteiger partial charge in [0.15, 0.2) is 0 Å². The molecule has 0 aliphatic rings. The molecule has 0 unspecified atom stereocenters. The summed E-state index contributed by atoms with van der Waals surface area (Å²) < 4.78 is 18.4. The summed E-state index contributed by atoms with van der Waals surface area (Å²) in [6, 6.07) is 9.51. The number of rotatable bonds is 13. The maximum atomic E-state index is 6.15. The summed E-state index contributed by atoms with van der Waals surface area (Å²) >= 11 is 3.52. The molecule has 1 rings (SSSR count). The number of hydrogen-bond donors (Lipinski definition) is 0. The molecule has 0 aromatic heterocycles. The summed E-state index contributed by atoms with van der Waals surface area (Å²) in [5.41, 5.74) is 2.62. The summed E-state index contributed by atoms with van der Waals surface area (Å²) in [5, 5.41) is 0.883. The van der Waals surface area contributed by atoms with Gasteiger partial charge in [0.1, 0.15) is 0 Å². The largest absolute Gasteiger partial charge is 0.501 e. The standard InChI is InChI=1S/C18H31BrO3Si/c1-4-11-20-23(21-12-5-2,22-13-6-3)14-10-17-8-7-9-18(15-17)16-19/h7-9,15H,4-6,10-14,16H2,1-3H3. The quantitative estimate of drug-likeness (QED) is 0.329. The summed E-state index contributed by atoms with van der Waals surface area (Å²) in [7, 11) is -2.58. The number of hydrogen-bond acceptors (Lipinski definition) is 3. The van der Waals surface area contributed by atoms with Crippen LogP contribution in [0, 0.1) is 0 Å². The zero-order chi connectivity index (χ0) is 17.0. The highest BCUT2D eigenvalue weighted by molar-refractivity contribution is 9.08. The molecule has 0 saturated carbocycles. The second-order valence-corrected chi connectivity index (χ2v) is 8.97. The van der Waals surface area contributed by atoms with Crippen LogP contribution in [-0.2, 0) is 25.0 Å². The minimum atomic E-state index is -2.58. The van der Waals surface area contributed by atoms with Crippen LogP contribution in [-0.4, -0.2) is 28.6 Å². The van der Waals surface area contributed by atoms with E-state index in [0.29, 0.717) is 19.8 Å². The summed E-state index contributed by atoms with van der Waals surface area (Å²) in [5.74, 6) is 0. The first kappa shape index (κ1) is 20.8. The fourth-order valence-electron chi connectivity index (χ4n) is 2.28. The van der Waals surface area contributed by atoms with Gasteiger partial charge in [-0.2, -0.15) is 0 Å². The fourth-order valence-corrected chi connectivity index (χ4v) is 5.45. The van der Waals surface area contributed by atoms with Crippen molar-refractivity contribution in [3.63, 3.8) is 0 Å². The van der Waals surface area contributed by atoms with E-state index < -0.39 is 8.80 Å². The SMILES string of the molecule is CCCO[Si](CCc1cccc(CBr)c1)(OCCC)OCCC. The minimum Gasteiger partial charge on any atom is -0.373 e. The fraction of sp³-hybridized carbons (Fsp3) is 0.667. The number of halogens is 1. The highest BCUT2D eigenvalue weighted by atomic mass is 79.9. The van der Waals surface area contributed by atoms with Crippen LogP contribution in [0.25, 0.3) is 0 Å². The Hall–Kier alpha value is -0.203. The predicted molar refractivity (Wildman–Crippen MR) is 102 cm³/mol. The van der Waals surface area contributed by atoms with Gasteiger partial charge >= 0.3 is 8.80 Å². The predicted octanol–water partition coefficient (Wildman–Crippen LogP) is 5.34. The lowest BCUT2D eigenvalue weighted by atomic mass is 10.1. The van der Waals surface area contributed by atoms with Gasteiger partial charge in [-0.25, -0.2) is 0 Å². The molecule has 23 heavy (non-hydrogen) atoms. The first-order valence-electron chi connectivity index (χ1n) is 8.75. The molecule has 0 bridgehead atoms. The van der Waals surface area contributed by atoms with Crippen LogP contribution >= 0.6 is 15.9 Å². The van der Waals surface area contributed by atoms with E-state index in [2.05, 4.69) is 61.0 Å². The molecule has 0 atom stereocenters. The van der Waals surface area contributed by atoms with Crippen LogP contribution in [0.4, 0.5) is 0 Å². The Balaban J connectivity index is 2.78. The van der Waals surface area contributed by atoms with Gasteiger partial charge in [-0.1, -0.05) is 61.0 Å². The van der Waals surface area contributed by atoms with Gasteiger partial charge in [-0.05, 0) is 36.8 Å². The van der Waals surface area contributed by atoms with Crippen LogP contribution in [0.15, 0.2) is 24.3 Å². The third-order valence-corrected chi connectivity index (χ3v) is 6.89. The molecular formula is C18H31BrO3Si. The molecule has 132 valence electrons. The van der Waals surface area contributed by atoms with Crippen molar-refractivity contribution in [2.45, 2.75) is 57.8 Å². The highest BCUT2D eigenvalue weighted by Gasteiger charge is 2.40. The Morgan fingerprint density at radius 2 is 1.39 bits per heavy atom. The molecule has 3 nitrogen and oxygen atoms in total. The van der Waals surface area contributed by atoms with Crippen LogP contribution in [0.2, 0.25) is 6.04 Å². The van der Waals surface area contributed by atoms with Crippen molar-refractivity contribution in [3.05, 3.63) is 35.4 Å². The molecule has 0 N–H and O–H groups in total. The summed E-state index contributed by atoms with van der Waals surface area (Å²) in [4.78, 5) is 0. The molecule has 1 aromatic rings. The lowest BCUT2D eigenvalue weighted by Gasteiger charge is -2.29. The van der Waals surface area contributed by atoms with Gasteiger partial charge in [0.05, 0.1) is 0 Å². The van der Waals surface area contributed by atoms with E-state index in [1.807, 2.05) is 0 Å². The Kier molecular flexibility index (Phi) is 11.1. The summed E-state index contributed by atoms with van der Waals surface area (Å²) in [6.45, 7) is 8.50. The van der Waals surface area contributed by atoms with Crippen molar-refractivity contribution in [1.82, 2.24) is 0 Å². The molecule has 0 heterocycles. The van der Waals surface area contributed by atoms with Crippen molar-refractivity contribution in [2.24, 2.45) is 0 Å². The van der Waals surface area contributed by atoms with Crippen molar-refractivity contribution < 1.29 is 13.3 Å². The lowest BCUT2D eigenvalue weighted by Crippen LogP contribution is -2.47. The molecule has 0 spiro atoms. The summed E-state index contributed by atoms with van der Waals surface area (Å²) in [6.07, 6.45) is 3.89. The topological polar surface area (TPSA) is 27.7 Å². The van der Waals surface area contributed by atoms with E-state index in [9.17, 15) is 0 Å². The van der Waals surface area contributed by atoms with Crippen molar-refractivity contribution in [2.75, 3.05) is 19.8 Å². The number of benzene rings is 1. The first-order valence-corrected chi connectivity index (χ1v) is 11.8. The van der Waals surface area contributed by atoms with Crippen LogP contribution in [0.1, 0.15) is 51.2 Å². The molecule has 0 amide bonds. The molecule has 1 aromatic carbocycles. The molecule has 5 heteroatoms. The van der Waals surface area contributed by atoms with Crippen molar-refractivity contribution >= 4 is 24.7 Å². The number of aryl methyl sites for hydroxylation is 1. The zero-order valence-corrected chi connectivity index (χ0v) is 17.4. The second-order valence-electron chi connectivity index (χ2n) is 5.68. The zero-order valence-electron chi connectivity index (χ0n) is 14.8. The van der Waals surface area contributed by atoms with Crippen LogP contribution < -0.4 is 0 Å². The van der Waals surface area contributed by atoms with Gasteiger partial charge in [0.25, 0.3) is 0 Å². The van der Waals surface area contributed by atoms with Gasteiger partial charge in [0, 0.05) is 31.2 Å². The molecular weight excluding hydrogens is 372 g/mol. The van der Waals surface area contributed by atoms with E-state index in [-0.39, 0.29) is 0 Å². The van der Waals surface area contributed by atoms with Crippen molar-refractivity contribution in [1.29, 1.82) is 0 Å². The molecule has 0 saturated heterocycles. The molecule has 0 aliphatic heterocycles. The lowest BCUT2D eigenvalue weighted by molar-refractivity contribution is 0.0593. The average Bonchev–Trinajstić information content (AvgIpc) is 2.60. The Morgan fingerprint density at radius 1 is 0.870 bits per heavy atom. The van der Waals surface area contributed by atoms with Gasteiger partial charge in [-0.15, -0.1) is 0 Å². The maximum Gasteiger partial charge on any atom is 0.501 e. The smallest absolute Gasteiger partial charge is 0.373 e. The third-order valence-electron chi connectivity index (χ3n) is 3.44. The van der Waals surface area contributed by atoms with E-state index in [4.69, 9.17) is 13.3 Å². The van der Waals surface area contributed by atoms with Gasteiger partial charge in [0.2, 0.25) is 0 Å². The Labute approximate surface area is 151 Å². The normalized spacial score (nSPS) is 11.8. The highest BCUT2D eigenvalue weighted by Crippen LogP contribution is 2.21. The van der Waals surface area contributed by atoms with E-state index in [1.54, 1.807) is 0 Å². The minimum absolute atomic E-state index is 0.709. The Morgan fingerprint density at radius 3 is 1.87 bits per heavy atom. The van der Waals surface area contributed by atoms with Gasteiger partial charge in [-0.3, -0.25) is 0 Å². The van der Waals surface area contributed by atoms with Gasteiger partial charge < -0.3 is 13.3 Å². The first-order chi connectivity index (χ1) is 11.2.